The molecule has 14 heteroatoms. The lowest BCUT2D eigenvalue weighted by Crippen LogP contribution is -2.47. The fourth-order valence-electron chi connectivity index (χ4n) is 4.03. The Morgan fingerprint density at radius 3 is 1.25 bits per heavy atom. The van der Waals surface area contributed by atoms with Crippen molar-refractivity contribution in [3.05, 3.63) is 113 Å². The predicted octanol–water partition coefficient (Wildman–Crippen LogP) is 7.38. The maximum Gasteiger partial charge on any atom is 0.638 e. The van der Waals surface area contributed by atoms with Crippen molar-refractivity contribution < 1.29 is 57.6 Å². The van der Waals surface area contributed by atoms with Crippen LogP contribution in [0.5, 0.6) is 11.5 Å². The summed E-state index contributed by atoms with van der Waals surface area (Å²) in [7, 11) is -2.52. The summed E-state index contributed by atoms with van der Waals surface area (Å²) in [4.78, 5) is 0. The lowest BCUT2D eigenvalue weighted by atomic mass is 9.77. The molecule has 0 aliphatic carbocycles. The third-order valence-corrected chi connectivity index (χ3v) is 5.88. The minimum atomic E-state index is -2.52. The summed E-state index contributed by atoms with van der Waals surface area (Å²) in [6.45, 7) is 0. The third-order valence-electron chi connectivity index (χ3n) is 5.88. The molecule has 0 heterocycles. The summed E-state index contributed by atoms with van der Waals surface area (Å²) in [5, 5.41) is -3.87. The summed E-state index contributed by atoms with van der Waals surface area (Å²) in [6.07, 6.45) is 0. The Labute approximate surface area is 216 Å². The summed E-state index contributed by atoms with van der Waals surface area (Å²) in [5.74, 6) is -21.1. The smallest absolute Gasteiger partial charge is 0.521 e. The fourth-order valence-corrected chi connectivity index (χ4v) is 4.03. The summed E-state index contributed by atoms with van der Waals surface area (Å²) < 4.78 is 167. The number of rotatable bonds is 5. The van der Waals surface area contributed by atoms with E-state index in [4.69, 9.17) is 9.31 Å². The largest absolute Gasteiger partial charge is 0.638 e. The van der Waals surface area contributed by atoms with Gasteiger partial charge < -0.3 is 9.31 Å². The highest BCUT2D eigenvalue weighted by Crippen LogP contribution is 2.35. The molecule has 0 fully saturated rings. The average molecular weight is 572 g/mol. The molecule has 2 nitrogen and oxygen atoms in total. The van der Waals surface area contributed by atoms with Crippen LogP contribution in [0.4, 0.5) is 48.3 Å². The van der Waals surface area contributed by atoms with Gasteiger partial charge in [-0.3, -0.25) is 0 Å². The Hall–Kier alpha value is -4.49. The third kappa shape index (κ3) is 4.32. The first kappa shape index (κ1) is 27.1. The van der Waals surface area contributed by atoms with Crippen molar-refractivity contribution in [1.82, 2.24) is 0 Å². The van der Waals surface area contributed by atoms with Crippen molar-refractivity contribution in [2.24, 2.45) is 0 Å². The molecule has 0 bridgehead atoms. The van der Waals surface area contributed by atoms with Crippen molar-refractivity contribution in [2.75, 3.05) is 0 Å². The van der Waals surface area contributed by atoms with Crippen molar-refractivity contribution in [3.63, 3.8) is 0 Å². The van der Waals surface area contributed by atoms with Crippen molar-refractivity contribution >= 4 is 34.1 Å². The highest BCUT2D eigenvalue weighted by atomic mass is 19.2. The van der Waals surface area contributed by atoms with Gasteiger partial charge in [0, 0.05) is 10.8 Å². The van der Waals surface area contributed by atoms with E-state index in [2.05, 4.69) is 0 Å². The molecule has 0 unspecified atom stereocenters. The number of hydrogen-bond donors (Lipinski definition) is 0. The standard InChI is InChI=1S/C26H8BF11O2/c28-11-3-5-17(9-7-15(32)23(35)25(37)19(9)11)39-27(21-13(30)1-2-14(31)22(21)34)40-18-6-4-12(29)20-10(18)8-16(33)24(36)26(20)38/h1-8H. The molecule has 0 aromatic heterocycles. The Morgan fingerprint density at radius 2 is 0.800 bits per heavy atom. The molecule has 0 amide bonds. The van der Waals surface area contributed by atoms with E-state index in [-0.39, 0.29) is 0 Å². The Morgan fingerprint density at radius 1 is 0.400 bits per heavy atom. The van der Waals surface area contributed by atoms with Gasteiger partial charge in [-0.1, -0.05) is 0 Å². The second kappa shape index (κ2) is 9.92. The molecule has 0 aliphatic rings. The van der Waals surface area contributed by atoms with Crippen LogP contribution in [0.25, 0.3) is 21.5 Å². The molecule has 0 saturated heterocycles. The van der Waals surface area contributed by atoms with Crippen LogP contribution in [0.1, 0.15) is 0 Å². The number of benzene rings is 5. The van der Waals surface area contributed by atoms with Gasteiger partial charge in [0.25, 0.3) is 0 Å². The molecule has 5 rings (SSSR count). The Bertz CT molecular complexity index is 1740. The molecule has 0 radical (unpaired) electrons. The van der Waals surface area contributed by atoms with Gasteiger partial charge in [-0.15, -0.1) is 0 Å². The van der Waals surface area contributed by atoms with Gasteiger partial charge >= 0.3 is 7.12 Å². The summed E-state index contributed by atoms with van der Waals surface area (Å²) >= 11 is 0. The number of fused-ring (bicyclic) bond motifs is 2. The fraction of sp³-hybridized carbons (Fsp3) is 0. The van der Waals surface area contributed by atoms with Gasteiger partial charge in [0.2, 0.25) is 0 Å². The minimum Gasteiger partial charge on any atom is -0.521 e. The lowest BCUT2D eigenvalue weighted by Gasteiger charge is -2.21. The van der Waals surface area contributed by atoms with Crippen LogP contribution >= 0.6 is 0 Å². The molecule has 0 atom stereocenters. The van der Waals surface area contributed by atoms with E-state index < -0.39 is 110 Å². The summed E-state index contributed by atoms with van der Waals surface area (Å²) in [5.41, 5.74) is -1.33. The zero-order valence-corrected chi connectivity index (χ0v) is 19.2. The van der Waals surface area contributed by atoms with Gasteiger partial charge in [-0.05, 0) is 48.5 Å². The first-order chi connectivity index (χ1) is 18.9. The molecule has 5 aromatic carbocycles. The number of hydrogen-bond acceptors (Lipinski definition) is 2. The lowest BCUT2D eigenvalue weighted by molar-refractivity contribution is 0.428. The van der Waals surface area contributed by atoms with Crippen LogP contribution < -0.4 is 14.8 Å². The normalized spacial score (nSPS) is 11.4. The van der Waals surface area contributed by atoms with Gasteiger partial charge in [0.1, 0.15) is 29.0 Å². The molecule has 5 aromatic rings. The first-order valence-corrected chi connectivity index (χ1v) is 10.9. The molecular formula is C26H8BF11O2. The molecule has 0 saturated carbocycles. The van der Waals surface area contributed by atoms with E-state index in [1.54, 1.807) is 0 Å². The minimum absolute atomic E-state index is 0.294. The highest BCUT2D eigenvalue weighted by molar-refractivity contribution is 6.63. The highest BCUT2D eigenvalue weighted by Gasteiger charge is 2.37. The second-order valence-electron chi connectivity index (χ2n) is 8.23. The van der Waals surface area contributed by atoms with Gasteiger partial charge in [-0.2, -0.15) is 0 Å². The zero-order valence-electron chi connectivity index (χ0n) is 19.2. The van der Waals surface area contributed by atoms with Crippen LogP contribution in [0.15, 0.2) is 48.5 Å². The second-order valence-corrected chi connectivity index (χ2v) is 8.23. The van der Waals surface area contributed by atoms with Gasteiger partial charge in [0.05, 0.1) is 16.2 Å². The maximum atomic E-state index is 14.8. The SMILES string of the molecule is Fc1ccc(F)c(B(Oc2ccc(F)c3c(F)c(F)c(F)cc23)Oc2ccc(F)c3c(F)c(F)c(F)cc23)c1F. The molecule has 204 valence electrons. The predicted molar refractivity (Wildman–Crippen MR) is 121 cm³/mol. The Kier molecular flexibility index (Phi) is 6.72. The molecule has 0 N–H and O–H groups in total. The van der Waals surface area contributed by atoms with E-state index in [0.29, 0.717) is 48.5 Å². The monoisotopic (exact) mass is 572 g/mol. The van der Waals surface area contributed by atoms with Crippen molar-refractivity contribution in [2.45, 2.75) is 0 Å². The van der Waals surface area contributed by atoms with E-state index in [1.165, 1.54) is 0 Å². The van der Waals surface area contributed by atoms with Crippen molar-refractivity contribution in [3.8, 4) is 11.5 Å². The topological polar surface area (TPSA) is 18.5 Å². The van der Waals surface area contributed by atoms with E-state index in [0.717, 1.165) is 0 Å². The molecular weight excluding hydrogens is 564 g/mol. The Balaban J connectivity index is 1.74. The van der Waals surface area contributed by atoms with E-state index in [9.17, 15) is 48.3 Å². The van der Waals surface area contributed by atoms with Gasteiger partial charge in [0.15, 0.2) is 46.5 Å². The molecule has 40 heavy (non-hydrogen) atoms. The van der Waals surface area contributed by atoms with Crippen LogP contribution in [0.2, 0.25) is 0 Å². The molecule has 0 spiro atoms. The van der Waals surface area contributed by atoms with Gasteiger partial charge in [-0.25, -0.2) is 48.3 Å². The van der Waals surface area contributed by atoms with E-state index >= 15 is 0 Å². The van der Waals surface area contributed by atoms with Crippen molar-refractivity contribution in [1.29, 1.82) is 0 Å². The number of halogens is 11. The zero-order chi connectivity index (χ0) is 29.0. The summed E-state index contributed by atoms with van der Waals surface area (Å²) in [6, 6.07) is 3.86. The average Bonchev–Trinajstić information content (AvgIpc) is 2.91. The first-order valence-electron chi connectivity index (χ1n) is 10.9. The van der Waals surface area contributed by atoms with Crippen LogP contribution in [0, 0.1) is 64.0 Å². The van der Waals surface area contributed by atoms with Crippen LogP contribution in [0.3, 0.4) is 0 Å². The quantitative estimate of drug-likeness (QED) is 0.0948. The van der Waals surface area contributed by atoms with Crippen LogP contribution in [-0.4, -0.2) is 7.12 Å². The maximum absolute atomic E-state index is 14.8. The van der Waals surface area contributed by atoms with E-state index in [1.807, 2.05) is 0 Å². The molecule has 0 aliphatic heterocycles. The van der Waals surface area contributed by atoms with Crippen LogP contribution in [-0.2, 0) is 0 Å².